The second-order valence-electron chi connectivity index (χ2n) is 5.53. The summed E-state index contributed by atoms with van der Waals surface area (Å²) < 4.78 is 0. The molecule has 0 radical (unpaired) electrons. The maximum absolute atomic E-state index is 4.20. The third kappa shape index (κ3) is 9.36. The van der Waals surface area contributed by atoms with E-state index in [9.17, 15) is 0 Å². The molecule has 24 heavy (non-hydrogen) atoms. The largest absolute Gasteiger partial charge is 0.179 e. The topological polar surface area (TPSA) is 0 Å². The molecule has 0 saturated carbocycles. The summed E-state index contributed by atoms with van der Waals surface area (Å²) in [6, 6.07) is 17.4. The average molecular weight is 397 g/mol. The Hall–Kier alpha value is -0.160. The zero-order chi connectivity index (χ0) is 17.6. The molecule has 2 aromatic carbocycles. The minimum atomic E-state index is 0.921. The van der Waals surface area contributed by atoms with Gasteiger partial charge in [0.05, 0.1) is 0 Å². The van der Waals surface area contributed by atoms with E-state index in [-0.39, 0.29) is 0 Å². The van der Waals surface area contributed by atoms with Gasteiger partial charge in [0.25, 0.3) is 0 Å². The van der Waals surface area contributed by atoms with Crippen molar-refractivity contribution < 1.29 is 0 Å². The maximum atomic E-state index is 4.20. The van der Waals surface area contributed by atoms with E-state index in [0.717, 1.165) is 48.7 Å². The summed E-state index contributed by atoms with van der Waals surface area (Å²) in [5, 5.41) is 0. The van der Waals surface area contributed by atoms with E-state index < -0.39 is 0 Å². The molecule has 0 aliphatic rings. The normalized spacial score (nSPS) is 10.2. The molecule has 0 saturated heterocycles. The summed E-state index contributed by atoms with van der Waals surface area (Å²) in [6.07, 6.45) is 4.24. The van der Waals surface area contributed by atoms with Crippen LogP contribution >= 0.6 is 50.5 Å². The Labute approximate surface area is 169 Å². The van der Waals surface area contributed by atoms with Gasteiger partial charge >= 0.3 is 0 Å². The van der Waals surface area contributed by atoms with Gasteiger partial charge in [-0.15, -0.1) is 0 Å². The van der Waals surface area contributed by atoms with Crippen LogP contribution in [0.25, 0.3) is 0 Å². The Kier molecular flexibility index (Phi) is 12.8. The summed E-state index contributed by atoms with van der Waals surface area (Å²) >= 11 is 16.8. The monoisotopic (exact) mass is 396 g/mol. The first kappa shape index (κ1) is 21.9. The van der Waals surface area contributed by atoms with Crippen molar-refractivity contribution in [1.82, 2.24) is 0 Å². The zero-order valence-corrected chi connectivity index (χ0v) is 17.6. The van der Waals surface area contributed by atoms with Gasteiger partial charge in [-0.05, 0) is 70.9 Å². The van der Waals surface area contributed by atoms with Gasteiger partial charge in [0.2, 0.25) is 0 Å². The fourth-order valence-corrected chi connectivity index (χ4v) is 3.36. The van der Waals surface area contributed by atoms with Gasteiger partial charge in [-0.3, -0.25) is 0 Å². The van der Waals surface area contributed by atoms with Crippen molar-refractivity contribution in [3.8, 4) is 0 Å². The van der Waals surface area contributed by atoms with Crippen LogP contribution in [0.15, 0.2) is 48.5 Å². The van der Waals surface area contributed by atoms with Crippen LogP contribution in [0.2, 0.25) is 0 Å². The number of rotatable bonds is 8. The lowest BCUT2D eigenvalue weighted by Crippen LogP contribution is -1.90. The highest BCUT2D eigenvalue weighted by Crippen LogP contribution is 2.08. The first-order chi connectivity index (χ1) is 11.7. The van der Waals surface area contributed by atoms with Crippen LogP contribution in [0.3, 0.4) is 0 Å². The minimum absolute atomic E-state index is 0.921. The van der Waals surface area contributed by atoms with Crippen molar-refractivity contribution in [3.05, 3.63) is 70.8 Å². The molecule has 0 spiro atoms. The van der Waals surface area contributed by atoms with Crippen molar-refractivity contribution in [2.45, 2.75) is 25.7 Å². The Morgan fingerprint density at radius 3 is 1.12 bits per heavy atom. The van der Waals surface area contributed by atoms with Gasteiger partial charge in [-0.1, -0.05) is 48.5 Å². The first-order valence-electron chi connectivity index (χ1n) is 8.32. The summed E-state index contributed by atoms with van der Waals surface area (Å²) in [7, 11) is 0. The van der Waals surface area contributed by atoms with Gasteiger partial charge in [-0.2, -0.15) is 50.5 Å². The van der Waals surface area contributed by atoms with Gasteiger partial charge in [0.1, 0.15) is 0 Å². The molecule has 0 aliphatic carbocycles. The maximum Gasteiger partial charge on any atom is -0.00574 e. The standard InChI is InChI=1S/2C10H14S2/c11-7-5-9-1-2-10(4-3-9)6-8-12;11-6-4-9-2-1-3-10(8-9)5-7-12/h1-4,11-12H,5-8H2;1-3,8,11-12H,4-7H2. The fraction of sp³-hybridized carbons (Fsp3) is 0.400. The van der Waals surface area contributed by atoms with E-state index >= 15 is 0 Å². The van der Waals surface area contributed by atoms with E-state index in [1.807, 2.05) is 0 Å². The Balaban J connectivity index is 0.000000240. The summed E-state index contributed by atoms with van der Waals surface area (Å²) in [5.74, 6) is 3.69. The van der Waals surface area contributed by atoms with Crippen LogP contribution in [0.5, 0.6) is 0 Å². The summed E-state index contributed by atoms with van der Waals surface area (Å²) in [4.78, 5) is 0. The van der Waals surface area contributed by atoms with Crippen LogP contribution < -0.4 is 0 Å². The molecule has 0 heterocycles. The number of hydrogen-bond donors (Lipinski definition) is 4. The molecule has 0 amide bonds. The smallest absolute Gasteiger partial charge is 0.00574 e. The molecular formula is C20H28S4. The van der Waals surface area contributed by atoms with Gasteiger partial charge in [0, 0.05) is 0 Å². The molecule has 0 nitrogen and oxygen atoms in total. The minimum Gasteiger partial charge on any atom is -0.179 e. The predicted molar refractivity (Wildman–Crippen MR) is 123 cm³/mol. The lowest BCUT2D eigenvalue weighted by molar-refractivity contribution is 1.11. The number of hydrogen-bond acceptors (Lipinski definition) is 4. The molecule has 132 valence electrons. The van der Waals surface area contributed by atoms with Crippen molar-refractivity contribution in [2.75, 3.05) is 23.0 Å². The SMILES string of the molecule is SCCc1ccc(CCS)cc1.SCCc1cccc(CCS)c1. The number of thiol groups is 4. The lowest BCUT2D eigenvalue weighted by atomic mass is 10.1. The molecule has 0 N–H and O–H groups in total. The van der Waals surface area contributed by atoms with Crippen LogP contribution in [-0.2, 0) is 25.7 Å². The first-order valence-corrected chi connectivity index (χ1v) is 10.9. The number of aryl methyl sites for hydroxylation is 4. The molecular weight excluding hydrogens is 368 g/mol. The van der Waals surface area contributed by atoms with Crippen LogP contribution in [0.1, 0.15) is 22.3 Å². The molecule has 0 aromatic heterocycles. The van der Waals surface area contributed by atoms with Crippen LogP contribution in [0.4, 0.5) is 0 Å². The fourth-order valence-electron chi connectivity index (χ4n) is 2.33. The summed E-state index contributed by atoms with van der Waals surface area (Å²) in [5.41, 5.74) is 5.49. The van der Waals surface area contributed by atoms with Crippen molar-refractivity contribution in [1.29, 1.82) is 0 Å². The quantitative estimate of drug-likeness (QED) is 0.430. The van der Waals surface area contributed by atoms with E-state index in [4.69, 9.17) is 0 Å². The van der Waals surface area contributed by atoms with Gasteiger partial charge < -0.3 is 0 Å². The molecule has 0 unspecified atom stereocenters. The Bertz CT molecular complexity index is 506. The average Bonchev–Trinajstić information content (AvgIpc) is 2.59. The van der Waals surface area contributed by atoms with Crippen LogP contribution in [0, 0.1) is 0 Å². The molecule has 2 rings (SSSR count). The van der Waals surface area contributed by atoms with Crippen molar-refractivity contribution >= 4 is 50.5 Å². The highest BCUT2D eigenvalue weighted by Gasteiger charge is 1.94. The third-order valence-corrected chi connectivity index (χ3v) is 4.51. The highest BCUT2D eigenvalue weighted by molar-refractivity contribution is 7.80. The second kappa shape index (κ2) is 14.1. The summed E-state index contributed by atoms with van der Waals surface area (Å²) in [6.45, 7) is 0. The molecule has 4 heteroatoms. The highest BCUT2D eigenvalue weighted by atomic mass is 32.1. The van der Waals surface area contributed by atoms with Gasteiger partial charge in [-0.25, -0.2) is 0 Å². The number of benzene rings is 2. The second-order valence-corrected chi connectivity index (χ2v) is 7.32. The molecule has 2 aromatic rings. The molecule has 0 atom stereocenters. The molecule has 0 fully saturated rings. The van der Waals surface area contributed by atoms with E-state index in [1.165, 1.54) is 22.3 Å². The van der Waals surface area contributed by atoms with E-state index in [0.29, 0.717) is 0 Å². The van der Waals surface area contributed by atoms with E-state index in [1.54, 1.807) is 0 Å². The van der Waals surface area contributed by atoms with Crippen molar-refractivity contribution in [3.63, 3.8) is 0 Å². The predicted octanol–water partition coefficient (Wildman–Crippen LogP) is 5.26. The third-order valence-electron chi connectivity index (χ3n) is 3.62. The van der Waals surface area contributed by atoms with Crippen molar-refractivity contribution in [2.24, 2.45) is 0 Å². The Morgan fingerprint density at radius 1 is 0.458 bits per heavy atom. The zero-order valence-electron chi connectivity index (χ0n) is 14.1. The molecule has 0 aliphatic heterocycles. The molecule has 0 bridgehead atoms. The lowest BCUT2D eigenvalue weighted by Gasteiger charge is -2.01. The Morgan fingerprint density at radius 2 is 0.792 bits per heavy atom. The van der Waals surface area contributed by atoms with Crippen LogP contribution in [-0.4, -0.2) is 23.0 Å². The van der Waals surface area contributed by atoms with Gasteiger partial charge in [0.15, 0.2) is 0 Å². The van der Waals surface area contributed by atoms with E-state index in [2.05, 4.69) is 99.0 Å².